The van der Waals surface area contributed by atoms with Crippen LogP contribution in [0.25, 0.3) is 0 Å². The van der Waals surface area contributed by atoms with E-state index in [2.05, 4.69) is 48.6 Å². The second kappa shape index (κ2) is 21.5. The van der Waals surface area contributed by atoms with Gasteiger partial charge >= 0.3 is 6.03 Å². The zero-order chi connectivity index (χ0) is 34.8. The summed E-state index contributed by atoms with van der Waals surface area (Å²) in [7, 11) is 0. The van der Waals surface area contributed by atoms with Crippen molar-refractivity contribution in [2.24, 2.45) is 17.3 Å². The number of urea groups is 1. The summed E-state index contributed by atoms with van der Waals surface area (Å²) in [5, 5.41) is 10.4. The maximum Gasteiger partial charge on any atom is 0.316 e. The monoisotopic (exact) mass is 623 g/mol. The topological polar surface area (TPSA) is 154 Å². The summed E-state index contributed by atoms with van der Waals surface area (Å²) in [6.07, 6.45) is 3.23. The van der Waals surface area contributed by atoms with Crippen molar-refractivity contribution in [2.45, 2.75) is 133 Å². The van der Waals surface area contributed by atoms with Gasteiger partial charge in [0.2, 0.25) is 17.6 Å². The number of amides is 5. The predicted octanol–water partition coefficient (Wildman–Crippen LogP) is 4.15. The van der Waals surface area contributed by atoms with Crippen LogP contribution in [-0.4, -0.2) is 77.5 Å². The second-order valence-electron chi connectivity index (χ2n) is 12.8. The van der Waals surface area contributed by atoms with Gasteiger partial charge in [0.15, 0.2) is 5.78 Å². The van der Waals surface area contributed by atoms with Crippen molar-refractivity contribution in [1.82, 2.24) is 26.2 Å². The van der Waals surface area contributed by atoms with E-state index >= 15 is 0 Å². The maximum absolute atomic E-state index is 13.6. The Hall–Kier alpha value is -3.24. The molecule has 0 aromatic heterocycles. The minimum absolute atomic E-state index is 0.126. The van der Waals surface area contributed by atoms with E-state index in [1.165, 1.54) is 11.0 Å². The van der Waals surface area contributed by atoms with Gasteiger partial charge in [-0.1, -0.05) is 88.7 Å². The summed E-state index contributed by atoms with van der Waals surface area (Å²) in [5.74, 6) is -2.08. The van der Waals surface area contributed by atoms with E-state index in [0.717, 1.165) is 5.92 Å². The molecule has 11 nitrogen and oxygen atoms in total. The number of Topliss-reactive ketones (excluding diaryl/α,β-unsaturated/α-hetero) is 2. The molecule has 1 aliphatic heterocycles. The van der Waals surface area contributed by atoms with Crippen LogP contribution in [0.1, 0.15) is 109 Å². The highest BCUT2D eigenvalue weighted by Gasteiger charge is 2.43. The third-order valence-electron chi connectivity index (χ3n) is 6.41. The number of carbonyl (C=O) groups excluding carboxylic acids is 6. The van der Waals surface area contributed by atoms with E-state index in [4.69, 9.17) is 0 Å². The second-order valence-corrected chi connectivity index (χ2v) is 12.8. The molecule has 1 rings (SSSR count). The highest BCUT2D eigenvalue weighted by Crippen LogP contribution is 2.26. The molecule has 1 saturated heterocycles. The minimum atomic E-state index is -1.02. The molecule has 0 radical (unpaired) electrons. The van der Waals surface area contributed by atoms with Crippen LogP contribution in [0.2, 0.25) is 0 Å². The molecule has 0 aromatic rings. The molecule has 3 unspecified atom stereocenters. The molecule has 254 valence electrons. The number of likely N-dealkylation sites (tertiary alicyclic amines) is 1. The molecular weight excluding hydrogens is 562 g/mol. The third kappa shape index (κ3) is 15.5. The SMILES string of the molecule is C=CCNC(=O)C(=O)C(CCC)NC(=O)[C@@H]1CCCN1C(=O)C(NC(=O)NC(C)C(=O)C(C)C)C(C)(C)C.CC.CC(C)C. The molecule has 44 heavy (non-hydrogen) atoms. The van der Waals surface area contributed by atoms with Crippen LogP contribution >= 0.6 is 0 Å². The Bertz CT molecular complexity index is 954. The van der Waals surface area contributed by atoms with Gasteiger partial charge in [0.25, 0.3) is 5.91 Å². The van der Waals surface area contributed by atoms with Gasteiger partial charge in [-0.3, -0.25) is 24.0 Å². The molecule has 0 aromatic carbocycles. The van der Waals surface area contributed by atoms with Gasteiger partial charge in [-0.15, -0.1) is 6.58 Å². The lowest BCUT2D eigenvalue weighted by Crippen LogP contribution is -2.60. The fraction of sp³-hybridized carbons (Fsp3) is 0.758. The van der Waals surface area contributed by atoms with Crippen molar-refractivity contribution in [1.29, 1.82) is 0 Å². The first-order chi connectivity index (χ1) is 20.4. The Labute approximate surface area is 266 Å². The fourth-order valence-electron chi connectivity index (χ4n) is 4.29. The number of ketones is 2. The van der Waals surface area contributed by atoms with Gasteiger partial charge in [0.1, 0.15) is 12.1 Å². The molecule has 11 heteroatoms. The Morgan fingerprint density at radius 1 is 0.932 bits per heavy atom. The van der Waals surface area contributed by atoms with Gasteiger partial charge in [-0.2, -0.15) is 0 Å². The Kier molecular flexibility index (Phi) is 20.9. The summed E-state index contributed by atoms with van der Waals surface area (Å²) >= 11 is 0. The number of carbonyl (C=O) groups is 6. The Balaban J connectivity index is 0. The van der Waals surface area contributed by atoms with Crippen molar-refractivity contribution in [2.75, 3.05) is 13.1 Å². The zero-order valence-electron chi connectivity index (χ0n) is 29.4. The summed E-state index contributed by atoms with van der Waals surface area (Å²) in [4.78, 5) is 77.9. The lowest BCUT2D eigenvalue weighted by molar-refractivity contribution is -0.143. The van der Waals surface area contributed by atoms with E-state index in [1.807, 2.05) is 20.8 Å². The van der Waals surface area contributed by atoms with Gasteiger partial charge in [0.05, 0.1) is 12.1 Å². The van der Waals surface area contributed by atoms with E-state index in [9.17, 15) is 28.8 Å². The van der Waals surface area contributed by atoms with Crippen LogP contribution in [0.3, 0.4) is 0 Å². The summed E-state index contributed by atoms with van der Waals surface area (Å²) < 4.78 is 0. The van der Waals surface area contributed by atoms with Crippen molar-refractivity contribution in [3.05, 3.63) is 12.7 Å². The minimum Gasteiger partial charge on any atom is -0.346 e. The molecule has 0 saturated carbocycles. The van der Waals surface area contributed by atoms with Crippen LogP contribution < -0.4 is 21.3 Å². The van der Waals surface area contributed by atoms with Crippen molar-refractivity contribution >= 4 is 35.3 Å². The molecule has 0 spiro atoms. The number of hydrogen-bond acceptors (Lipinski definition) is 6. The third-order valence-corrected chi connectivity index (χ3v) is 6.41. The van der Waals surface area contributed by atoms with Crippen LogP contribution in [0, 0.1) is 17.3 Å². The van der Waals surface area contributed by atoms with Crippen molar-refractivity contribution in [3.63, 3.8) is 0 Å². The maximum atomic E-state index is 13.6. The molecule has 4 atom stereocenters. The number of nitrogens with zero attached hydrogens (tertiary/aromatic N) is 1. The van der Waals surface area contributed by atoms with E-state index < -0.39 is 59.1 Å². The van der Waals surface area contributed by atoms with Crippen LogP contribution in [0.15, 0.2) is 12.7 Å². The lowest BCUT2D eigenvalue weighted by atomic mass is 9.85. The van der Waals surface area contributed by atoms with Gasteiger partial charge < -0.3 is 26.2 Å². The summed E-state index contributed by atoms with van der Waals surface area (Å²) in [5.41, 5.74) is -0.701. The van der Waals surface area contributed by atoms with Crippen LogP contribution in [0.4, 0.5) is 4.79 Å². The summed E-state index contributed by atoms with van der Waals surface area (Å²) in [6.45, 7) is 26.7. The smallest absolute Gasteiger partial charge is 0.316 e. The normalized spacial score (nSPS) is 16.2. The molecule has 0 bridgehead atoms. The van der Waals surface area contributed by atoms with Crippen LogP contribution in [0.5, 0.6) is 0 Å². The standard InChI is InChI=1S/C27H45N5O6.C4H10.C2H6/c1-9-12-18(21(34)24(36)28-14-10-2)30-23(35)19-13-11-15-32(19)25(37)22(27(6,7)8)31-26(38)29-17(5)20(33)16(3)4;1-4(2)3;1-2/h10,16-19,22H,2,9,11-15H2,1,3-8H3,(H,28,36)(H,30,35)(H2,29,31,38);4H,1-3H3;1-2H3/t17?,18?,19-,22?;;/m0../s1. The number of nitrogens with one attached hydrogen (secondary N) is 4. The van der Waals surface area contributed by atoms with Gasteiger partial charge in [0, 0.05) is 19.0 Å². The van der Waals surface area contributed by atoms with E-state index in [1.54, 1.807) is 41.5 Å². The zero-order valence-corrected chi connectivity index (χ0v) is 29.4. The highest BCUT2D eigenvalue weighted by atomic mass is 16.2. The average Bonchev–Trinajstić information content (AvgIpc) is 3.43. The average molecular weight is 624 g/mol. The first-order valence-electron chi connectivity index (χ1n) is 16.0. The predicted molar refractivity (Wildman–Crippen MR) is 176 cm³/mol. The largest absolute Gasteiger partial charge is 0.346 e. The Morgan fingerprint density at radius 2 is 1.48 bits per heavy atom. The van der Waals surface area contributed by atoms with Gasteiger partial charge in [-0.25, -0.2) is 4.79 Å². The van der Waals surface area contributed by atoms with Gasteiger partial charge in [-0.05, 0) is 37.5 Å². The number of rotatable bonds is 13. The first-order valence-corrected chi connectivity index (χ1v) is 16.0. The van der Waals surface area contributed by atoms with E-state index in [0.29, 0.717) is 25.8 Å². The van der Waals surface area contributed by atoms with Crippen molar-refractivity contribution < 1.29 is 28.8 Å². The molecular formula is C33H61N5O6. The highest BCUT2D eigenvalue weighted by molar-refractivity contribution is 6.38. The molecule has 1 fully saturated rings. The Morgan fingerprint density at radius 3 is 1.93 bits per heavy atom. The van der Waals surface area contributed by atoms with E-state index in [-0.39, 0.29) is 24.7 Å². The fourth-order valence-corrected chi connectivity index (χ4v) is 4.29. The molecule has 1 aliphatic rings. The van der Waals surface area contributed by atoms with Crippen LogP contribution in [-0.2, 0) is 24.0 Å². The lowest BCUT2D eigenvalue weighted by Gasteiger charge is -2.35. The quantitative estimate of drug-likeness (QED) is 0.179. The molecule has 5 amide bonds. The number of hydrogen-bond donors (Lipinski definition) is 4. The molecule has 1 heterocycles. The summed E-state index contributed by atoms with van der Waals surface area (Å²) in [6, 6.07) is -4.22. The first kappa shape index (κ1) is 42.9. The molecule has 0 aliphatic carbocycles. The van der Waals surface area contributed by atoms with Crippen molar-refractivity contribution in [3.8, 4) is 0 Å². The molecule has 4 N–H and O–H groups in total.